The number of Topliss-reactive ketones (excluding diaryl/α,β-unsaturated/α-hetero) is 1. The van der Waals surface area contributed by atoms with Gasteiger partial charge in [0.15, 0.2) is 17.3 Å². The normalized spacial score (nSPS) is 12.4. The Morgan fingerprint density at radius 1 is 0.722 bits per heavy atom. The van der Waals surface area contributed by atoms with Gasteiger partial charge in [0.1, 0.15) is 17.2 Å². The summed E-state index contributed by atoms with van der Waals surface area (Å²) in [7, 11) is -0.955. The van der Waals surface area contributed by atoms with Crippen LogP contribution in [0.3, 0.4) is 0 Å². The van der Waals surface area contributed by atoms with Crippen LogP contribution in [0.5, 0.6) is 17.2 Å². The van der Waals surface area contributed by atoms with Crippen LogP contribution in [0.25, 0.3) is 0 Å². The third kappa shape index (κ3) is 3.94. The van der Waals surface area contributed by atoms with Gasteiger partial charge in [0.05, 0.1) is 27.8 Å². The van der Waals surface area contributed by atoms with Crippen molar-refractivity contribution in [2.75, 3.05) is 0 Å². The molecule has 0 bridgehead atoms. The van der Waals surface area contributed by atoms with Crippen molar-refractivity contribution in [3.05, 3.63) is 118 Å². The first-order valence-corrected chi connectivity index (χ1v) is 11.4. The van der Waals surface area contributed by atoms with E-state index < -0.39 is 18.7 Å². The number of hydrogen-bond donors (Lipinski definition) is 1. The molecular formula is C29H21BO6. The molecule has 4 aromatic rings. The van der Waals surface area contributed by atoms with E-state index in [4.69, 9.17) is 9.31 Å². The Morgan fingerprint density at radius 3 is 2.03 bits per heavy atom. The van der Waals surface area contributed by atoms with Gasteiger partial charge in [-0.1, -0.05) is 54.6 Å². The number of ketones is 3. The first-order valence-electron chi connectivity index (χ1n) is 11.4. The summed E-state index contributed by atoms with van der Waals surface area (Å²) in [6, 6.07) is 23.6. The fourth-order valence-corrected chi connectivity index (χ4v) is 4.29. The summed E-state index contributed by atoms with van der Waals surface area (Å²) in [6.07, 6.45) is 0. The molecule has 0 saturated heterocycles. The Hall–Kier alpha value is -4.65. The number of phenolic OH excluding ortho intramolecular Hbond substituents is 1. The van der Waals surface area contributed by atoms with Crippen LogP contribution < -0.4 is 14.8 Å². The Balaban J connectivity index is 1.72. The van der Waals surface area contributed by atoms with Gasteiger partial charge in [-0.15, -0.1) is 0 Å². The van der Waals surface area contributed by atoms with Crippen molar-refractivity contribution in [1.82, 2.24) is 0 Å². The van der Waals surface area contributed by atoms with Crippen LogP contribution in [0.1, 0.15) is 54.7 Å². The average molecular weight is 476 g/mol. The van der Waals surface area contributed by atoms with Crippen LogP contribution in [0.2, 0.25) is 0 Å². The number of carbonyl (C=O) groups is 3. The van der Waals surface area contributed by atoms with E-state index in [1.165, 1.54) is 31.2 Å². The van der Waals surface area contributed by atoms with Crippen LogP contribution in [0.15, 0.2) is 84.9 Å². The number of aryl methyl sites for hydroxylation is 1. The van der Waals surface area contributed by atoms with Crippen molar-refractivity contribution < 1.29 is 28.8 Å². The van der Waals surface area contributed by atoms with Gasteiger partial charge < -0.3 is 14.4 Å². The summed E-state index contributed by atoms with van der Waals surface area (Å²) in [6.45, 7) is 3.16. The van der Waals surface area contributed by atoms with Gasteiger partial charge in [-0.25, -0.2) is 0 Å². The molecule has 0 atom stereocenters. The second kappa shape index (κ2) is 9.19. The molecule has 1 heterocycles. The molecule has 0 unspecified atom stereocenters. The van der Waals surface area contributed by atoms with Crippen LogP contribution >= 0.6 is 0 Å². The summed E-state index contributed by atoms with van der Waals surface area (Å²) >= 11 is 0. The van der Waals surface area contributed by atoms with Gasteiger partial charge in [0, 0.05) is 5.46 Å². The van der Waals surface area contributed by atoms with E-state index in [9.17, 15) is 19.5 Å². The third-order valence-corrected chi connectivity index (χ3v) is 6.14. The molecule has 0 amide bonds. The molecule has 7 heteroatoms. The topological polar surface area (TPSA) is 89.9 Å². The van der Waals surface area contributed by atoms with Gasteiger partial charge in [0.2, 0.25) is 0 Å². The summed E-state index contributed by atoms with van der Waals surface area (Å²) in [5, 5.41) is 10.7. The van der Waals surface area contributed by atoms with Crippen molar-refractivity contribution in [2.24, 2.45) is 0 Å². The van der Waals surface area contributed by atoms with E-state index in [0.717, 1.165) is 5.56 Å². The average Bonchev–Trinajstić information content (AvgIpc) is 2.88. The maximum absolute atomic E-state index is 13.7. The van der Waals surface area contributed by atoms with Crippen molar-refractivity contribution in [2.45, 2.75) is 13.8 Å². The quantitative estimate of drug-likeness (QED) is 0.344. The fourth-order valence-electron chi connectivity index (χ4n) is 4.29. The number of hydrogen-bond acceptors (Lipinski definition) is 6. The minimum absolute atomic E-state index is 0.0339. The van der Waals surface area contributed by atoms with Gasteiger partial charge in [-0.05, 0) is 49.7 Å². The second-order valence-electron chi connectivity index (χ2n) is 8.53. The van der Waals surface area contributed by atoms with Crippen molar-refractivity contribution in [3.8, 4) is 17.2 Å². The molecule has 0 spiro atoms. The fraction of sp³-hybridized carbons (Fsp3) is 0.0690. The molecule has 5 rings (SSSR count). The Bertz CT molecular complexity index is 1530. The second-order valence-corrected chi connectivity index (χ2v) is 8.53. The number of phenols is 1. The van der Waals surface area contributed by atoms with Gasteiger partial charge in [-0.3, -0.25) is 14.4 Å². The molecule has 0 fully saturated rings. The highest BCUT2D eigenvalue weighted by molar-refractivity contribution is 6.63. The van der Waals surface area contributed by atoms with Gasteiger partial charge in [0.25, 0.3) is 0 Å². The SMILES string of the molecule is CC(=O)c1cccc(C(=O)c2cccc3c2OB(c2ccccc2)Oc2c(C)cccc2C3=O)c1O. The molecule has 176 valence electrons. The summed E-state index contributed by atoms with van der Waals surface area (Å²) in [5.74, 6) is -1.28. The van der Waals surface area contributed by atoms with E-state index in [1.54, 1.807) is 24.3 Å². The maximum Gasteiger partial charge on any atom is 0.632 e. The van der Waals surface area contributed by atoms with Gasteiger partial charge >= 0.3 is 7.12 Å². The lowest BCUT2D eigenvalue weighted by molar-refractivity contribution is 0.101. The molecule has 1 N–H and O–H groups in total. The standard InChI is InChI=1S/C29H21BO6/c1-17-9-6-14-22-27(34)24-16-8-15-23(26(33)21-13-7-12-20(18(2)31)25(21)32)29(24)36-30(35-28(17)22)19-10-4-3-5-11-19/h3-16,32H,1-2H3. The molecule has 0 saturated carbocycles. The van der Waals surface area contributed by atoms with Crippen molar-refractivity contribution in [1.29, 1.82) is 0 Å². The monoisotopic (exact) mass is 476 g/mol. The molecule has 0 aliphatic carbocycles. The highest BCUT2D eigenvalue weighted by Gasteiger charge is 2.36. The predicted octanol–water partition coefficient (Wildman–Crippen LogP) is 4.53. The Kier molecular flexibility index (Phi) is 5.90. The first kappa shape index (κ1) is 23.1. The van der Waals surface area contributed by atoms with Gasteiger partial charge in [-0.2, -0.15) is 0 Å². The first-order chi connectivity index (χ1) is 17.4. The number of aromatic hydroxyl groups is 1. The zero-order valence-electron chi connectivity index (χ0n) is 19.6. The Morgan fingerprint density at radius 2 is 1.31 bits per heavy atom. The summed E-state index contributed by atoms with van der Waals surface area (Å²) in [4.78, 5) is 39.2. The molecule has 6 nitrogen and oxygen atoms in total. The third-order valence-electron chi connectivity index (χ3n) is 6.14. The molecule has 1 aliphatic rings. The van der Waals surface area contributed by atoms with E-state index >= 15 is 0 Å². The number of rotatable bonds is 4. The van der Waals surface area contributed by atoms with Crippen molar-refractivity contribution >= 4 is 29.9 Å². The summed E-state index contributed by atoms with van der Waals surface area (Å²) < 4.78 is 12.5. The predicted molar refractivity (Wildman–Crippen MR) is 136 cm³/mol. The molecule has 4 aromatic carbocycles. The van der Waals surface area contributed by atoms with E-state index in [2.05, 4.69) is 0 Å². The highest BCUT2D eigenvalue weighted by Crippen LogP contribution is 2.36. The minimum Gasteiger partial charge on any atom is -0.521 e. The Labute approximate surface area is 208 Å². The van der Waals surface area contributed by atoms with Crippen LogP contribution in [-0.4, -0.2) is 29.6 Å². The highest BCUT2D eigenvalue weighted by atomic mass is 16.6. The van der Waals surface area contributed by atoms with Crippen molar-refractivity contribution in [3.63, 3.8) is 0 Å². The number of para-hydroxylation sites is 3. The largest absolute Gasteiger partial charge is 0.632 e. The van der Waals surface area contributed by atoms with E-state index in [0.29, 0.717) is 16.8 Å². The lowest BCUT2D eigenvalue weighted by atomic mass is 9.77. The lowest BCUT2D eigenvalue weighted by Crippen LogP contribution is -2.44. The van der Waals surface area contributed by atoms with Crippen LogP contribution in [0, 0.1) is 6.92 Å². The molecule has 36 heavy (non-hydrogen) atoms. The number of benzene rings is 4. The zero-order valence-corrected chi connectivity index (χ0v) is 19.6. The number of carbonyl (C=O) groups excluding carboxylic acids is 3. The lowest BCUT2D eigenvalue weighted by Gasteiger charge is -2.25. The van der Waals surface area contributed by atoms with Crippen LogP contribution in [0.4, 0.5) is 0 Å². The molecule has 0 radical (unpaired) electrons. The zero-order chi connectivity index (χ0) is 25.4. The minimum atomic E-state index is -0.955. The van der Waals surface area contributed by atoms with E-state index in [1.807, 2.05) is 43.3 Å². The summed E-state index contributed by atoms with van der Waals surface area (Å²) in [5.41, 5.74) is 2.04. The smallest absolute Gasteiger partial charge is 0.521 e. The molecular weight excluding hydrogens is 455 g/mol. The maximum atomic E-state index is 13.7. The number of fused-ring (bicyclic) bond motifs is 2. The molecule has 0 aromatic heterocycles. The van der Waals surface area contributed by atoms with E-state index in [-0.39, 0.29) is 39.6 Å². The van der Waals surface area contributed by atoms with Crippen LogP contribution in [-0.2, 0) is 0 Å². The molecule has 1 aliphatic heterocycles.